The minimum absolute atomic E-state index is 0.0102. The number of allylic oxidation sites excluding steroid dienone is 3. The third-order valence-electron chi connectivity index (χ3n) is 11.9. The summed E-state index contributed by atoms with van der Waals surface area (Å²) in [5, 5.41) is 42.2. The fourth-order valence-corrected chi connectivity index (χ4v) is 9.22. The van der Waals surface area contributed by atoms with Crippen molar-refractivity contribution in [1.82, 2.24) is 0 Å². The van der Waals surface area contributed by atoms with Gasteiger partial charge in [0.25, 0.3) is 0 Å². The molecule has 13 unspecified atom stereocenters. The van der Waals surface area contributed by atoms with Crippen LogP contribution in [0.2, 0.25) is 0 Å². The Kier molecular flexibility index (Phi) is 8.97. The zero-order valence-electron chi connectivity index (χ0n) is 25.5. The van der Waals surface area contributed by atoms with Gasteiger partial charge < -0.3 is 34.6 Å². The molecule has 0 bridgehead atoms. The summed E-state index contributed by atoms with van der Waals surface area (Å²) in [4.78, 5) is 0. The quantitative estimate of drug-likeness (QED) is 0.348. The number of ether oxygens (including phenoxy) is 3. The first-order valence-corrected chi connectivity index (χ1v) is 15.8. The Labute approximate surface area is 241 Å². The molecule has 0 amide bonds. The van der Waals surface area contributed by atoms with Gasteiger partial charge in [-0.3, -0.25) is 0 Å². The smallest absolute Gasteiger partial charge is 0.186 e. The minimum atomic E-state index is -1.02. The summed E-state index contributed by atoms with van der Waals surface area (Å²) < 4.78 is 17.5. The summed E-state index contributed by atoms with van der Waals surface area (Å²) in [6, 6.07) is 0. The molecular weight excluding hydrogens is 508 g/mol. The van der Waals surface area contributed by atoms with E-state index in [1.165, 1.54) is 18.3 Å². The SMILES string of the molecule is COC1C(OC2CCC3(C)C4=CCC5(C)C(C(C)CCC(O)C(C)C)CC(O)C5C4=CCC3C2)OCC(O)C1O. The molecule has 5 rings (SSSR count). The molecule has 0 spiro atoms. The number of hydrogen-bond donors (Lipinski definition) is 4. The molecule has 13 atom stereocenters. The molecular formula is C33H54O7. The van der Waals surface area contributed by atoms with E-state index in [1.807, 2.05) is 0 Å². The maximum atomic E-state index is 11.5. The Bertz CT molecular complexity index is 962. The zero-order valence-corrected chi connectivity index (χ0v) is 25.5. The van der Waals surface area contributed by atoms with Gasteiger partial charge in [0.15, 0.2) is 6.29 Å². The van der Waals surface area contributed by atoms with E-state index in [0.29, 0.717) is 17.8 Å². The largest absolute Gasteiger partial charge is 0.393 e. The number of rotatable bonds is 8. The van der Waals surface area contributed by atoms with Crippen LogP contribution in [0.5, 0.6) is 0 Å². The monoisotopic (exact) mass is 562 g/mol. The van der Waals surface area contributed by atoms with Crippen LogP contribution in [0.1, 0.15) is 86.0 Å². The van der Waals surface area contributed by atoms with E-state index in [9.17, 15) is 20.4 Å². The molecule has 228 valence electrons. The van der Waals surface area contributed by atoms with Gasteiger partial charge in [0.05, 0.1) is 24.9 Å². The van der Waals surface area contributed by atoms with Crippen LogP contribution < -0.4 is 0 Å². The van der Waals surface area contributed by atoms with Crippen molar-refractivity contribution in [2.75, 3.05) is 13.7 Å². The van der Waals surface area contributed by atoms with Crippen molar-refractivity contribution >= 4 is 0 Å². The Morgan fingerprint density at radius 3 is 2.50 bits per heavy atom. The van der Waals surface area contributed by atoms with Crippen molar-refractivity contribution in [3.05, 3.63) is 23.3 Å². The first-order valence-electron chi connectivity index (χ1n) is 15.8. The van der Waals surface area contributed by atoms with Crippen molar-refractivity contribution in [1.29, 1.82) is 0 Å². The number of aliphatic hydroxyl groups is 4. The van der Waals surface area contributed by atoms with Gasteiger partial charge in [0, 0.05) is 13.0 Å². The lowest BCUT2D eigenvalue weighted by Crippen LogP contribution is -2.56. The summed E-state index contributed by atoms with van der Waals surface area (Å²) in [5.41, 5.74) is 2.94. The van der Waals surface area contributed by atoms with Gasteiger partial charge in [-0.05, 0) is 97.0 Å². The Hall–Kier alpha value is -0.800. The zero-order chi connectivity index (χ0) is 29.0. The van der Waals surface area contributed by atoms with Gasteiger partial charge in [0.1, 0.15) is 18.3 Å². The molecule has 1 heterocycles. The van der Waals surface area contributed by atoms with Crippen LogP contribution in [0, 0.1) is 40.4 Å². The lowest BCUT2D eigenvalue weighted by Gasteiger charge is -2.54. The molecule has 0 radical (unpaired) electrons. The highest BCUT2D eigenvalue weighted by Gasteiger charge is 2.58. The average molecular weight is 563 g/mol. The first-order chi connectivity index (χ1) is 18.9. The van der Waals surface area contributed by atoms with Crippen molar-refractivity contribution < 1.29 is 34.6 Å². The highest BCUT2D eigenvalue weighted by atomic mass is 16.7. The summed E-state index contributed by atoms with van der Waals surface area (Å²) in [6.07, 6.45) is 8.46. The average Bonchev–Trinajstić information content (AvgIpc) is 3.20. The van der Waals surface area contributed by atoms with Gasteiger partial charge in [0.2, 0.25) is 0 Å². The van der Waals surface area contributed by atoms with Crippen molar-refractivity contribution in [3.63, 3.8) is 0 Å². The molecule has 5 aliphatic rings. The molecule has 2 saturated carbocycles. The number of fused-ring (bicyclic) bond motifs is 5. The van der Waals surface area contributed by atoms with E-state index in [-0.39, 0.29) is 47.6 Å². The Morgan fingerprint density at radius 1 is 1.05 bits per heavy atom. The molecule has 4 N–H and O–H groups in total. The maximum Gasteiger partial charge on any atom is 0.186 e. The molecule has 4 aliphatic carbocycles. The number of methoxy groups -OCH3 is 1. The second-order valence-electron chi connectivity index (χ2n) is 14.6. The third kappa shape index (κ3) is 5.27. The normalized spacial score (nSPS) is 46.6. The predicted molar refractivity (Wildman–Crippen MR) is 153 cm³/mol. The van der Waals surface area contributed by atoms with E-state index in [4.69, 9.17) is 14.2 Å². The van der Waals surface area contributed by atoms with Gasteiger partial charge in [-0.25, -0.2) is 0 Å². The minimum Gasteiger partial charge on any atom is -0.393 e. The Balaban J connectivity index is 1.29. The fraction of sp³-hybridized carbons (Fsp3) is 0.879. The van der Waals surface area contributed by atoms with Gasteiger partial charge >= 0.3 is 0 Å². The van der Waals surface area contributed by atoms with E-state index < -0.39 is 24.6 Å². The van der Waals surface area contributed by atoms with Crippen LogP contribution in [-0.4, -0.2) is 77.1 Å². The van der Waals surface area contributed by atoms with E-state index >= 15 is 0 Å². The predicted octanol–water partition coefficient (Wildman–Crippen LogP) is 4.37. The van der Waals surface area contributed by atoms with E-state index in [2.05, 4.69) is 46.8 Å². The molecule has 3 fully saturated rings. The van der Waals surface area contributed by atoms with Gasteiger partial charge in [-0.2, -0.15) is 0 Å². The maximum absolute atomic E-state index is 11.5. The summed E-state index contributed by atoms with van der Waals surface area (Å²) >= 11 is 0. The van der Waals surface area contributed by atoms with Crippen LogP contribution in [0.25, 0.3) is 0 Å². The molecule has 1 aliphatic heterocycles. The second kappa shape index (κ2) is 11.7. The third-order valence-corrected chi connectivity index (χ3v) is 11.9. The molecule has 0 aromatic carbocycles. The summed E-state index contributed by atoms with van der Waals surface area (Å²) in [6.45, 7) is 11.4. The standard InChI is InChI=1S/C33H54O7/c1-18(2)25(34)10-7-19(3)24-16-26(35)28-22-9-8-20-15-21(40-31-30(38-6)29(37)27(36)17-39-31)11-13-32(20,4)23(22)12-14-33(24,28)5/h9,12,18-21,24-31,34-37H,7-8,10-11,13-17H2,1-6H3. The van der Waals surface area contributed by atoms with Crippen LogP contribution in [-0.2, 0) is 14.2 Å². The molecule has 1 saturated heterocycles. The lowest BCUT2D eigenvalue weighted by atomic mass is 9.51. The molecule has 40 heavy (non-hydrogen) atoms. The second-order valence-corrected chi connectivity index (χ2v) is 14.6. The van der Waals surface area contributed by atoms with Crippen molar-refractivity contribution in [2.24, 2.45) is 40.4 Å². The van der Waals surface area contributed by atoms with Crippen LogP contribution >= 0.6 is 0 Å². The first kappa shape index (κ1) is 30.7. The fourth-order valence-electron chi connectivity index (χ4n) is 9.22. The van der Waals surface area contributed by atoms with Crippen molar-refractivity contribution in [2.45, 2.75) is 129 Å². The van der Waals surface area contributed by atoms with Crippen molar-refractivity contribution in [3.8, 4) is 0 Å². The highest BCUT2D eigenvalue weighted by molar-refractivity contribution is 5.47. The van der Waals surface area contributed by atoms with E-state index in [0.717, 1.165) is 51.4 Å². The topological polar surface area (TPSA) is 109 Å². The van der Waals surface area contributed by atoms with Crippen LogP contribution in [0.4, 0.5) is 0 Å². The van der Waals surface area contributed by atoms with Gasteiger partial charge in [-0.15, -0.1) is 0 Å². The summed E-state index contributed by atoms with van der Waals surface area (Å²) in [7, 11) is 1.51. The lowest BCUT2D eigenvalue weighted by molar-refractivity contribution is -0.292. The molecule has 7 heteroatoms. The molecule has 7 nitrogen and oxygen atoms in total. The molecule has 0 aromatic rings. The number of hydrogen-bond acceptors (Lipinski definition) is 7. The molecule has 0 aromatic heterocycles. The van der Waals surface area contributed by atoms with Gasteiger partial charge in [-0.1, -0.05) is 46.8 Å². The summed E-state index contributed by atoms with van der Waals surface area (Å²) in [5.74, 6) is 1.80. The Morgan fingerprint density at radius 2 is 1.80 bits per heavy atom. The number of aliphatic hydroxyl groups excluding tert-OH is 4. The van der Waals surface area contributed by atoms with Crippen LogP contribution in [0.15, 0.2) is 23.3 Å². The highest BCUT2D eigenvalue weighted by Crippen LogP contribution is 2.65. The van der Waals surface area contributed by atoms with E-state index in [1.54, 1.807) is 0 Å². The van der Waals surface area contributed by atoms with Crippen LogP contribution in [0.3, 0.4) is 0 Å².